The summed E-state index contributed by atoms with van der Waals surface area (Å²) in [5, 5.41) is 0. The topological polar surface area (TPSA) is 57.3 Å². The van der Waals surface area contributed by atoms with Gasteiger partial charge < -0.3 is 15.0 Å². The van der Waals surface area contributed by atoms with Crippen molar-refractivity contribution in [2.75, 3.05) is 0 Å². The molecule has 0 bridgehead atoms. The predicted molar refractivity (Wildman–Crippen MR) is 100 cm³/mol. The number of alkyl halides is 3. The lowest BCUT2D eigenvalue weighted by Crippen LogP contribution is -2.17. The lowest BCUT2D eigenvalue weighted by Gasteiger charge is -2.12. The van der Waals surface area contributed by atoms with Gasteiger partial charge in [0.2, 0.25) is 0 Å². The Morgan fingerprint density at radius 2 is 1.73 bits per heavy atom. The summed E-state index contributed by atoms with van der Waals surface area (Å²) in [4.78, 5) is 12.1. The van der Waals surface area contributed by atoms with Crippen LogP contribution in [-0.2, 0) is 6.54 Å². The third-order valence-electron chi connectivity index (χ3n) is 4.71. The zero-order chi connectivity index (χ0) is 22.2. The van der Waals surface area contributed by atoms with Crippen LogP contribution in [0, 0.1) is 25.5 Å². The van der Waals surface area contributed by atoms with Crippen LogP contribution in [0.3, 0.4) is 0 Å². The molecule has 3 rings (SSSR count). The number of benzene rings is 2. The van der Waals surface area contributed by atoms with Crippen molar-refractivity contribution in [3.05, 3.63) is 76.6 Å². The molecule has 0 aliphatic rings. The highest BCUT2D eigenvalue weighted by Gasteiger charge is 2.31. The van der Waals surface area contributed by atoms with Crippen molar-refractivity contribution in [3.63, 3.8) is 0 Å². The summed E-state index contributed by atoms with van der Waals surface area (Å²) in [6.07, 6.45) is -4.87. The highest BCUT2D eigenvalue weighted by atomic mass is 19.4. The number of rotatable bonds is 5. The molecule has 1 amide bonds. The average Bonchev–Trinajstić information content (AvgIpc) is 2.88. The van der Waals surface area contributed by atoms with Crippen LogP contribution in [0.4, 0.5) is 22.0 Å². The van der Waals surface area contributed by atoms with Crippen molar-refractivity contribution in [3.8, 4) is 16.9 Å². The van der Waals surface area contributed by atoms with Gasteiger partial charge in [-0.2, -0.15) is 0 Å². The monoisotopic (exact) mass is 424 g/mol. The van der Waals surface area contributed by atoms with E-state index in [4.69, 9.17) is 5.73 Å². The van der Waals surface area contributed by atoms with E-state index in [1.54, 1.807) is 18.4 Å². The fourth-order valence-corrected chi connectivity index (χ4v) is 3.44. The first-order chi connectivity index (χ1) is 14.0. The summed E-state index contributed by atoms with van der Waals surface area (Å²) >= 11 is 0. The Balaban J connectivity index is 2.12. The molecule has 2 N–H and O–H groups in total. The largest absolute Gasteiger partial charge is 0.573 e. The molecule has 1 heterocycles. The fourth-order valence-electron chi connectivity index (χ4n) is 3.44. The third kappa shape index (κ3) is 4.29. The van der Waals surface area contributed by atoms with Gasteiger partial charge in [-0.25, -0.2) is 8.78 Å². The van der Waals surface area contributed by atoms with Crippen LogP contribution in [0.25, 0.3) is 11.1 Å². The second-order valence-corrected chi connectivity index (χ2v) is 6.70. The molecule has 3 aromatic rings. The van der Waals surface area contributed by atoms with Gasteiger partial charge in [0.05, 0.1) is 5.56 Å². The van der Waals surface area contributed by atoms with Gasteiger partial charge in [0, 0.05) is 23.5 Å². The molecule has 1 aromatic heterocycles. The molecular formula is C21H17F5N2O2. The minimum absolute atomic E-state index is 0.105. The summed E-state index contributed by atoms with van der Waals surface area (Å²) in [6, 6.07) is 8.62. The number of nitrogens with two attached hydrogens (primary N) is 1. The molecular weight excluding hydrogens is 407 g/mol. The summed E-state index contributed by atoms with van der Waals surface area (Å²) in [5.41, 5.74) is 7.71. The zero-order valence-electron chi connectivity index (χ0n) is 16.0. The number of ether oxygens (including phenoxy) is 1. The summed E-state index contributed by atoms with van der Waals surface area (Å²) in [6.45, 7) is 3.38. The van der Waals surface area contributed by atoms with Gasteiger partial charge in [0.15, 0.2) is 11.6 Å². The van der Waals surface area contributed by atoms with Gasteiger partial charge in [-0.1, -0.05) is 18.2 Å². The van der Waals surface area contributed by atoms with E-state index in [-0.39, 0.29) is 12.1 Å². The van der Waals surface area contributed by atoms with Crippen LogP contribution in [-0.4, -0.2) is 16.8 Å². The fraction of sp³-hybridized carbons (Fsp3) is 0.190. The van der Waals surface area contributed by atoms with E-state index in [0.29, 0.717) is 28.1 Å². The Bertz CT molecular complexity index is 1120. The van der Waals surface area contributed by atoms with Crippen LogP contribution < -0.4 is 10.5 Å². The Hall–Kier alpha value is -3.36. The maximum Gasteiger partial charge on any atom is 0.573 e. The van der Waals surface area contributed by atoms with Crippen LogP contribution in [0.2, 0.25) is 0 Å². The van der Waals surface area contributed by atoms with Crippen molar-refractivity contribution in [2.45, 2.75) is 26.8 Å². The minimum atomic E-state index is -4.87. The number of carbonyl (C=O) groups excluding carboxylic acids is 1. The van der Waals surface area contributed by atoms with Crippen molar-refractivity contribution in [1.82, 2.24) is 4.57 Å². The SMILES string of the molecule is Cc1c(C(N)=O)c(-c2cccc(OC(F)(F)F)c2)c(C)n1Cc1ccc(F)c(F)c1. The number of hydrogen-bond acceptors (Lipinski definition) is 2. The summed E-state index contributed by atoms with van der Waals surface area (Å²) in [5.74, 6) is -3.21. The van der Waals surface area contributed by atoms with Crippen molar-refractivity contribution in [1.29, 1.82) is 0 Å². The van der Waals surface area contributed by atoms with E-state index < -0.39 is 29.7 Å². The highest BCUT2D eigenvalue weighted by molar-refractivity contribution is 6.02. The lowest BCUT2D eigenvalue weighted by molar-refractivity contribution is -0.274. The van der Waals surface area contributed by atoms with Crippen LogP contribution in [0.1, 0.15) is 27.3 Å². The van der Waals surface area contributed by atoms with E-state index >= 15 is 0 Å². The molecule has 0 aliphatic heterocycles. The molecule has 0 atom stereocenters. The van der Waals surface area contributed by atoms with Gasteiger partial charge in [0.25, 0.3) is 5.91 Å². The number of halogens is 5. The standard InChI is InChI=1S/C21H17F5N2O2/c1-11-18(14-4-3-5-15(9-14)30-21(24,25)26)19(20(27)29)12(2)28(11)10-13-6-7-16(22)17(23)8-13/h3-9H,10H2,1-2H3,(H2,27,29). The first-order valence-corrected chi connectivity index (χ1v) is 8.77. The van der Waals surface area contributed by atoms with Gasteiger partial charge in [-0.15, -0.1) is 13.2 Å². The molecule has 0 radical (unpaired) electrons. The second kappa shape index (κ2) is 7.81. The number of hydrogen-bond donors (Lipinski definition) is 1. The predicted octanol–water partition coefficient (Wildman–Crippen LogP) is 5.10. The van der Waals surface area contributed by atoms with E-state index in [0.717, 1.165) is 24.3 Å². The Labute approximate surface area is 168 Å². The molecule has 2 aromatic carbocycles. The van der Waals surface area contributed by atoms with E-state index in [2.05, 4.69) is 4.74 Å². The Morgan fingerprint density at radius 1 is 1.03 bits per heavy atom. The molecule has 9 heteroatoms. The molecule has 0 saturated heterocycles. The molecule has 0 aliphatic carbocycles. The Kier molecular flexibility index (Phi) is 5.56. The number of nitrogens with zero attached hydrogens (tertiary/aromatic N) is 1. The second-order valence-electron chi connectivity index (χ2n) is 6.70. The number of primary amides is 1. The Morgan fingerprint density at radius 3 is 2.33 bits per heavy atom. The van der Waals surface area contributed by atoms with Crippen LogP contribution in [0.15, 0.2) is 42.5 Å². The van der Waals surface area contributed by atoms with Crippen LogP contribution in [0.5, 0.6) is 5.75 Å². The first kappa shape index (κ1) is 21.4. The smallest absolute Gasteiger partial charge is 0.406 e. The van der Waals surface area contributed by atoms with Gasteiger partial charge in [-0.05, 0) is 49.2 Å². The summed E-state index contributed by atoms with van der Waals surface area (Å²) < 4.78 is 70.1. The number of carbonyl (C=O) groups is 1. The first-order valence-electron chi connectivity index (χ1n) is 8.77. The summed E-state index contributed by atoms with van der Waals surface area (Å²) in [7, 11) is 0. The normalized spacial score (nSPS) is 11.6. The number of aromatic nitrogens is 1. The van der Waals surface area contributed by atoms with Gasteiger partial charge in [0.1, 0.15) is 5.75 Å². The van der Waals surface area contributed by atoms with Crippen LogP contribution >= 0.6 is 0 Å². The maximum atomic E-state index is 13.6. The minimum Gasteiger partial charge on any atom is -0.406 e. The average molecular weight is 424 g/mol. The van der Waals surface area contributed by atoms with E-state index in [1.165, 1.54) is 18.2 Å². The van der Waals surface area contributed by atoms with Gasteiger partial charge >= 0.3 is 6.36 Å². The molecule has 158 valence electrons. The molecule has 0 unspecified atom stereocenters. The zero-order valence-corrected chi connectivity index (χ0v) is 16.0. The molecule has 0 spiro atoms. The number of amides is 1. The third-order valence-corrected chi connectivity index (χ3v) is 4.71. The van der Waals surface area contributed by atoms with E-state index in [1.807, 2.05) is 0 Å². The quantitative estimate of drug-likeness (QED) is 0.580. The van der Waals surface area contributed by atoms with Gasteiger partial charge in [-0.3, -0.25) is 4.79 Å². The van der Waals surface area contributed by atoms with E-state index in [9.17, 15) is 26.7 Å². The molecule has 30 heavy (non-hydrogen) atoms. The molecule has 4 nitrogen and oxygen atoms in total. The molecule has 0 saturated carbocycles. The van der Waals surface area contributed by atoms with Crippen molar-refractivity contribution >= 4 is 5.91 Å². The lowest BCUT2D eigenvalue weighted by atomic mass is 10.00. The maximum absolute atomic E-state index is 13.6. The van der Waals surface area contributed by atoms with Crippen molar-refractivity contribution < 1.29 is 31.5 Å². The molecule has 0 fully saturated rings. The van der Waals surface area contributed by atoms with Crippen molar-refractivity contribution in [2.24, 2.45) is 5.73 Å². The highest BCUT2D eigenvalue weighted by Crippen LogP contribution is 2.35.